The van der Waals surface area contributed by atoms with Crippen molar-refractivity contribution in [3.8, 4) is 22.8 Å². The maximum atomic E-state index is 14.8. The SMILES string of the molecule is Cc1cc2c(cc1N1CCc3c(cc(-c4c(F)cccc4F)n3C(=O)OC(C)(C)C)C1)OC(F)(F)O2. The lowest BCUT2D eigenvalue weighted by Crippen LogP contribution is -2.34. The Labute approximate surface area is 205 Å². The molecule has 0 spiro atoms. The number of ether oxygens (including phenoxy) is 3. The minimum Gasteiger partial charge on any atom is -0.443 e. The third kappa shape index (κ3) is 4.25. The van der Waals surface area contributed by atoms with E-state index in [9.17, 15) is 22.4 Å². The zero-order valence-electron chi connectivity index (χ0n) is 20.1. The summed E-state index contributed by atoms with van der Waals surface area (Å²) in [6.07, 6.45) is -4.13. The lowest BCUT2D eigenvalue weighted by atomic mass is 10.0. The largest absolute Gasteiger partial charge is 0.586 e. The lowest BCUT2D eigenvalue weighted by molar-refractivity contribution is -0.286. The molecule has 0 saturated heterocycles. The molecule has 0 radical (unpaired) electrons. The number of alkyl halides is 2. The van der Waals surface area contributed by atoms with Crippen LogP contribution in [0.5, 0.6) is 11.5 Å². The fourth-order valence-corrected chi connectivity index (χ4v) is 4.61. The van der Waals surface area contributed by atoms with E-state index in [1.165, 1.54) is 22.8 Å². The third-order valence-electron chi connectivity index (χ3n) is 6.03. The van der Waals surface area contributed by atoms with Gasteiger partial charge in [-0.2, -0.15) is 0 Å². The van der Waals surface area contributed by atoms with E-state index in [4.69, 9.17) is 4.74 Å². The average Bonchev–Trinajstić information content (AvgIpc) is 3.26. The van der Waals surface area contributed by atoms with E-state index in [1.807, 2.05) is 4.90 Å². The molecular weight excluding hydrogens is 480 g/mol. The summed E-state index contributed by atoms with van der Waals surface area (Å²) in [6.45, 7) is 7.56. The topological polar surface area (TPSA) is 52.9 Å². The van der Waals surface area contributed by atoms with Crippen molar-refractivity contribution < 1.29 is 36.6 Å². The van der Waals surface area contributed by atoms with Crippen LogP contribution in [0.4, 0.5) is 28.0 Å². The quantitative estimate of drug-likeness (QED) is 0.378. The van der Waals surface area contributed by atoms with Crippen LogP contribution in [0.1, 0.15) is 37.6 Å². The van der Waals surface area contributed by atoms with E-state index in [0.29, 0.717) is 35.5 Å². The van der Waals surface area contributed by atoms with Gasteiger partial charge in [-0.25, -0.2) is 18.1 Å². The maximum Gasteiger partial charge on any atom is 0.586 e. The first-order valence-electron chi connectivity index (χ1n) is 11.4. The van der Waals surface area contributed by atoms with Crippen molar-refractivity contribution in [2.24, 2.45) is 0 Å². The summed E-state index contributed by atoms with van der Waals surface area (Å²) in [5.41, 5.74) is 1.45. The summed E-state index contributed by atoms with van der Waals surface area (Å²) >= 11 is 0. The number of halogens is 4. The number of fused-ring (bicyclic) bond motifs is 2. The monoisotopic (exact) mass is 504 g/mol. The number of aryl methyl sites for hydroxylation is 1. The number of carbonyl (C=O) groups is 1. The van der Waals surface area contributed by atoms with Gasteiger partial charge in [0, 0.05) is 37.0 Å². The predicted molar refractivity (Wildman–Crippen MR) is 124 cm³/mol. The van der Waals surface area contributed by atoms with Gasteiger partial charge in [-0.15, -0.1) is 8.78 Å². The zero-order valence-corrected chi connectivity index (χ0v) is 20.1. The Morgan fingerprint density at radius 3 is 2.33 bits per heavy atom. The Hall–Kier alpha value is -3.69. The minimum atomic E-state index is -3.73. The first-order valence-corrected chi connectivity index (χ1v) is 11.4. The van der Waals surface area contributed by atoms with Crippen molar-refractivity contribution in [1.29, 1.82) is 0 Å². The Balaban J connectivity index is 1.57. The van der Waals surface area contributed by atoms with Crippen LogP contribution in [0.25, 0.3) is 11.3 Å². The number of anilines is 1. The van der Waals surface area contributed by atoms with Crippen LogP contribution in [-0.2, 0) is 17.7 Å². The molecule has 2 aromatic carbocycles. The van der Waals surface area contributed by atoms with E-state index in [0.717, 1.165) is 12.1 Å². The molecular formula is C26H24F4N2O4. The molecule has 0 fully saturated rings. The second-order valence-corrected chi connectivity index (χ2v) is 9.84. The second kappa shape index (κ2) is 8.18. The Morgan fingerprint density at radius 2 is 1.69 bits per heavy atom. The van der Waals surface area contributed by atoms with Crippen molar-refractivity contribution in [3.63, 3.8) is 0 Å². The van der Waals surface area contributed by atoms with Crippen molar-refractivity contribution in [2.75, 3.05) is 11.4 Å². The van der Waals surface area contributed by atoms with E-state index in [1.54, 1.807) is 33.8 Å². The molecule has 2 aliphatic heterocycles. The zero-order chi connectivity index (χ0) is 26.0. The molecule has 0 amide bonds. The summed E-state index contributed by atoms with van der Waals surface area (Å²) in [7, 11) is 0. The highest BCUT2D eigenvalue weighted by atomic mass is 19.3. The smallest absolute Gasteiger partial charge is 0.443 e. The number of hydrogen-bond donors (Lipinski definition) is 0. The molecule has 0 atom stereocenters. The standard InChI is InChI=1S/C26H24F4N2O4/c1-14-10-21-22(35-26(29,30)34-21)12-19(14)31-9-8-18-15(13-31)11-20(23-16(27)6-5-7-17(23)28)32(18)24(33)36-25(2,3)4/h5-7,10-12H,8-9,13H2,1-4H3. The fraction of sp³-hybridized carbons (Fsp3) is 0.346. The molecule has 3 heterocycles. The van der Waals surface area contributed by atoms with Gasteiger partial charge in [-0.05, 0) is 63.1 Å². The summed E-state index contributed by atoms with van der Waals surface area (Å²) in [5, 5.41) is 0. The van der Waals surface area contributed by atoms with Gasteiger partial charge in [0.25, 0.3) is 0 Å². The minimum absolute atomic E-state index is 0.0488. The molecule has 190 valence electrons. The highest BCUT2D eigenvalue weighted by Crippen LogP contribution is 2.45. The molecule has 0 unspecified atom stereocenters. The molecule has 3 aromatic rings. The van der Waals surface area contributed by atoms with E-state index < -0.39 is 29.6 Å². The van der Waals surface area contributed by atoms with Gasteiger partial charge < -0.3 is 19.1 Å². The van der Waals surface area contributed by atoms with Crippen LogP contribution in [0.2, 0.25) is 0 Å². The third-order valence-corrected chi connectivity index (χ3v) is 6.03. The van der Waals surface area contributed by atoms with Crippen molar-refractivity contribution in [3.05, 3.63) is 64.9 Å². The average molecular weight is 504 g/mol. The number of carbonyl (C=O) groups excluding carboxylic acids is 1. The number of benzene rings is 2. The van der Waals surface area contributed by atoms with Crippen LogP contribution >= 0.6 is 0 Å². The van der Waals surface area contributed by atoms with Crippen LogP contribution in [0.3, 0.4) is 0 Å². The van der Waals surface area contributed by atoms with Crippen molar-refractivity contribution >= 4 is 11.8 Å². The molecule has 36 heavy (non-hydrogen) atoms. The predicted octanol–water partition coefficient (Wildman–Crippen LogP) is 6.41. The van der Waals surface area contributed by atoms with Gasteiger partial charge in [0.15, 0.2) is 11.5 Å². The lowest BCUT2D eigenvalue weighted by Gasteiger charge is -2.31. The number of rotatable bonds is 2. The van der Waals surface area contributed by atoms with Gasteiger partial charge in [0.1, 0.15) is 17.2 Å². The summed E-state index contributed by atoms with van der Waals surface area (Å²) < 4.78 is 72.5. The van der Waals surface area contributed by atoms with Gasteiger partial charge in [0.05, 0.1) is 11.3 Å². The van der Waals surface area contributed by atoms with Crippen LogP contribution in [0.15, 0.2) is 36.4 Å². The Morgan fingerprint density at radius 1 is 1.06 bits per heavy atom. The summed E-state index contributed by atoms with van der Waals surface area (Å²) in [4.78, 5) is 15.1. The summed E-state index contributed by atoms with van der Waals surface area (Å²) in [5.74, 6) is -1.74. The number of aromatic nitrogens is 1. The molecule has 6 nitrogen and oxygen atoms in total. The molecule has 10 heteroatoms. The number of hydrogen-bond acceptors (Lipinski definition) is 5. The molecule has 5 rings (SSSR count). The van der Waals surface area contributed by atoms with Gasteiger partial charge in [-0.3, -0.25) is 0 Å². The van der Waals surface area contributed by atoms with Gasteiger partial charge in [-0.1, -0.05) is 6.07 Å². The van der Waals surface area contributed by atoms with Crippen molar-refractivity contribution in [2.45, 2.75) is 52.6 Å². The van der Waals surface area contributed by atoms with Crippen LogP contribution < -0.4 is 14.4 Å². The highest BCUT2D eigenvalue weighted by molar-refractivity contribution is 5.82. The van der Waals surface area contributed by atoms with Crippen molar-refractivity contribution in [1.82, 2.24) is 4.57 Å². The first kappa shape index (κ1) is 24.0. The highest BCUT2D eigenvalue weighted by Gasteiger charge is 2.44. The normalized spacial score (nSPS) is 16.2. The Kier molecular flexibility index (Phi) is 5.46. The molecule has 0 aliphatic carbocycles. The van der Waals surface area contributed by atoms with E-state index >= 15 is 0 Å². The molecule has 0 saturated carbocycles. The molecule has 2 aliphatic rings. The van der Waals surface area contributed by atoms with E-state index in [2.05, 4.69) is 9.47 Å². The Bertz CT molecular complexity index is 1360. The van der Waals surface area contributed by atoms with Crippen LogP contribution in [-0.4, -0.2) is 29.1 Å². The molecule has 0 bridgehead atoms. The number of nitrogens with zero attached hydrogens (tertiary/aromatic N) is 2. The summed E-state index contributed by atoms with van der Waals surface area (Å²) in [6, 6.07) is 8.04. The van der Waals surface area contributed by atoms with Gasteiger partial charge >= 0.3 is 12.4 Å². The molecule has 1 aromatic heterocycles. The van der Waals surface area contributed by atoms with E-state index in [-0.39, 0.29) is 29.3 Å². The van der Waals surface area contributed by atoms with Crippen LogP contribution in [0, 0.1) is 18.6 Å². The maximum absolute atomic E-state index is 14.8. The second-order valence-electron chi connectivity index (χ2n) is 9.84. The first-order chi connectivity index (χ1) is 16.8. The fourth-order valence-electron chi connectivity index (χ4n) is 4.61. The molecule has 0 N–H and O–H groups in total. The van der Waals surface area contributed by atoms with Gasteiger partial charge in [0.2, 0.25) is 0 Å².